The normalized spacial score (nSPS) is 27.5. The number of rotatable bonds is 6. The van der Waals surface area contributed by atoms with Crippen molar-refractivity contribution in [3.8, 4) is 0 Å². The van der Waals surface area contributed by atoms with Crippen molar-refractivity contribution in [2.45, 2.75) is 58.0 Å². The van der Waals surface area contributed by atoms with E-state index in [0.29, 0.717) is 37.5 Å². The lowest BCUT2D eigenvalue weighted by atomic mass is 10.0. The molecule has 2 saturated heterocycles. The van der Waals surface area contributed by atoms with Crippen LogP contribution in [0.2, 0.25) is 0 Å². The number of likely N-dealkylation sites (tertiary alicyclic amines) is 1. The van der Waals surface area contributed by atoms with Gasteiger partial charge in [-0.25, -0.2) is 0 Å². The van der Waals surface area contributed by atoms with E-state index in [4.69, 9.17) is 0 Å². The lowest BCUT2D eigenvalue weighted by Crippen LogP contribution is -2.54. The lowest BCUT2D eigenvalue weighted by Gasteiger charge is -2.40. The molecule has 0 radical (unpaired) electrons. The Hall–Kier alpha value is -1.14. The van der Waals surface area contributed by atoms with E-state index in [2.05, 4.69) is 36.0 Å². The highest BCUT2D eigenvalue weighted by atomic mass is 16.2. The topological polar surface area (TPSA) is 55.9 Å². The highest BCUT2D eigenvalue weighted by Gasteiger charge is 2.38. The van der Waals surface area contributed by atoms with Crippen LogP contribution < -0.4 is 5.32 Å². The van der Waals surface area contributed by atoms with Crippen LogP contribution in [0.1, 0.15) is 46.0 Å². The fourth-order valence-electron chi connectivity index (χ4n) is 4.77. The first-order valence-electron chi connectivity index (χ1n) is 10.5. The zero-order valence-corrected chi connectivity index (χ0v) is 16.7. The van der Waals surface area contributed by atoms with E-state index >= 15 is 0 Å². The van der Waals surface area contributed by atoms with Gasteiger partial charge in [0, 0.05) is 57.8 Å². The molecular formula is C20H36N4O2. The van der Waals surface area contributed by atoms with Gasteiger partial charge in [0.15, 0.2) is 0 Å². The molecule has 0 aromatic heterocycles. The minimum Gasteiger partial charge on any atom is -0.354 e. The van der Waals surface area contributed by atoms with Gasteiger partial charge in [-0.1, -0.05) is 26.7 Å². The zero-order valence-electron chi connectivity index (χ0n) is 16.7. The van der Waals surface area contributed by atoms with E-state index < -0.39 is 0 Å². The highest BCUT2D eigenvalue weighted by molar-refractivity contribution is 5.89. The molecule has 0 aromatic carbocycles. The molecule has 0 spiro atoms. The molecule has 2 unspecified atom stereocenters. The molecule has 0 aromatic rings. The molecule has 2 amide bonds. The molecule has 3 rings (SSSR count). The van der Waals surface area contributed by atoms with Gasteiger partial charge in [-0.15, -0.1) is 0 Å². The third kappa shape index (κ3) is 4.58. The fraction of sp³-hybridized carbons (Fsp3) is 0.900. The molecule has 2 atom stereocenters. The van der Waals surface area contributed by atoms with Crippen molar-refractivity contribution >= 4 is 11.8 Å². The monoisotopic (exact) mass is 364 g/mol. The molecule has 0 bridgehead atoms. The van der Waals surface area contributed by atoms with Crippen LogP contribution in [0.15, 0.2) is 0 Å². The highest BCUT2D eigenvalue weighted by Crippen LogP contribution is 2.29. The molecule has 26 heavy (non-hydrogen) atoms. The van der Waals surface area contributed by atoms with Crippen molar-refractivity contribution in [2.75, 3.05) is 46.3 Å². The van der Waals surface area contributed by atoms with Crippen LogP contribution in [0.25, 0.3) is 0 Å². The number of carbonyl (C=O) groups excluding carboxylic acids is 2. The summed E-state index contributed by atoms with van der Waals surface area (Å²) in [6.07, 6.45) is 5.04. The molecule has 2 heterocycles. The third-order valence-electron chi connectivity index (χ3n) is 6.56. The van der Waals surface area contributed by atoms with Gasteiger partial charge in [0.1, 0.15) is 0 Å². The van der Waals surface area contributed by atoms with Crippen molar-refractivity contribution in [3.63, 3.8) is 0 Å². The van der Waals surface area contributed by atoms with Gasteiger partial charge < -0.3 is 15.1 Å². The quantitative estimate of drug-likeness (QED) is 0.769. The number of nitrogens with one attached hydrogen (secondary N) is 1. The Morgan fingerprint density at radius 1 is 1.15 bits per heavy atom. The van der Waals surface area contributed by atoms with Gasteiger partial charge in [0.2, 0.25) is 11.8 Å². The van der Waals surface area contributed by atoms with E-state index in [1.54, 1.807) is 0 Å². The Morgan fingerprint density at radius 3 is 2.42 bits per heavy atom. The first-order valence-corrected chi connectivity index (χ1v) is 10.5. The maximum Gasteiger partial charge on any atom is 0.225 e. The average molecular weight is 365 g/mol. The second-order valence-corrected chi connectivity index (χ2v) is 8.78. The van der Waals surface area contributed by atoms with Gasteiger partial charge >= 0.3 is 0 Å². The molecule has 6 nitrogen and oxygen atoms in total. The van der Waals surface area contributed by atoms with Crippen molar-refractivity contribution in [1.82, 2.24) is 20.0 Å². The number of hydrogen-bond acceptors (Lipinski definition) is 4. The minimum atomic E-state index is -0.164. The second-order valence-electron chi connectivity index (χ2n) is 8.78. The smallest absolute Gasteiger partial charge is 0.225 e. The molecule has 1 N–H and O–H groups in total. The van der Waals surface area contributed by atoms with E-state index in [0.717, 1.165) is 39.0 Å². The Kier molecular flexibility index (Phi) is 6.56. The summed E-state index contributed by atoms with van der Waals surface area (Å²) in [6.45, 7) is 10.1. The number of hydrogen-bond donors (Lipinski definition) is 1. The summed E-state index contributed by atoms with van der Waals surface area (Å²) in [4.78, 5) is 31.9. The molecule has 1 aliphatic carbocycles. The Bertz CT molecular complexity index is 496. The first kappa shape index (κ1) is 19.6. The van der Waals surface area contributed by atoms with Crippen LogP contribution in [0.5, 0.6) is 0 Å². The maximum atomic E-state index is 12.7. The standard InChI is InChI=1S/C20H36N4O2/c1-15(2)18(23-10-8-22(3)9-11-23)13-21-20(26)16-12-19(25)24(14-16)17-6-4-5-7-17/h15-18H,4-14H2,1-3H3,(H,21,26). The minimum absolute atomic E-state index is 0.0682. The molecule has 3 fully saturated rings. The Balaban J connectivity index is 1.49. The number of amides is 2. The summed E-state index contributed by atoms with van der Waals surface area (Å²) in [7, 11) is 2.16. The molecule has 2 aliphatic heterocycles. The summed E-state index contributed by atoms with van der Waals surface area (Å²) in [5.41, 5.74) is 0. The molecular weight excluding hydrogens is 328 g/mol. The van der Waals surface area contributed by atoms with Crippen molar-refractivity contribution in [2.24, 2.45) is 11.8 Å². The summed E-state index contributed by atoms with van der Waals surface area (Å²) in [5, 5.41) is 3.17. The second kappa shape index (κ2) is 8.70. The molecule has 148 valence electrons. The van der Waals surface area contributed by atoms with Crippen LogP contribution >= 0.6 is 0 Å². The van der Waals surface area contributed by atoms with Crippen molar-refractivity contribution in [1.29, 1.82) is 0 Å². The average Bonchev–Trinajstić information content (AvgIpc) is 3.25. The predicted molar refractivity (Wildman–Crippen MR) is 103 cm³/mol. The van der Waals surface area contributed by atoms with Crippen LogP contribution in [0, 0.1) is 11.8 Å². The van der Waals surface area contributed by atoms with Gasteiger partial charge in [-0.05, 0) is 25.8 Å². The molecule has 3 aliphatic rings. The fourth-order valence-corrected chi connectivity index (χ4v) is 4.77. The SMILES string of the molecule is CC(C)C(CNC(=O)C1CC(=O)N(C2CCCC2)C1)N1CCN(C)CC1. The van der Waals surface area contributed by atoms with Gasteiger partial charge in [-0.3, -0.25) is 14.5 Å². The maximum absolute atomic E-state index is 12.7. The lowest BCUT2D eigenvalue weighted by molar-refractivity contribution is -0.130. The van der Waals surface area contributed by atoms with E-state index in [9.17, 15) is 9.59 Å². The first-order chi connectivity index (χ1) is 12.5. The largest absolute Gasteiger partial charge is 0.354 e. The summed E-state index contributed by atoms with van der Waals surface area (Å²) in [6, 6.07) is 0.754. The van der Waals surface area contributed by atoms with Gasteiger partial charge in [-0.2, -0.15) is 0 Å². The molecule has 6 heteroatoms. The molecule has 1 saturated carbocycles. The van der Waals surface area contributed by atoms with Crippen LogP contribution in [0.4, 0.5) is 0 Å². The zero-order chi connectivity index (χ0) is 18.7. The van der Waals surface area contributed by atoms with E-state index in [1.165, 1.54) is 12.8 Å². The van der Waals surface area contributed by atoms with Crippen molar-refractivity contribution in [3.05, 3.63) is 0 Å². The third-order valence-corrected chi connectivity index (χ3v) is 6.56. The van der Waals surface area contributed by atoms with Crippen LogP contribution in [-0.2, 0) is 9.59 Å². The van der Waals surface area contributed by atoms with E-state index in [-0.39, 0.29) is 17.7 Å². The summed E-state index contributed by atoms with van der Waals surface area (Å²) < 4.78 is 0. The van der Waals surface area contributed by atoms with Gasteiger partial charge in [0.05, 0.1) is 5.92 Å². The number of nitrogens with zero attached hydrogens (tertiary/aromatic N) is 3. The number of carbonyl (C=O) groups is 2. The summed E-state index contributed by atoms with van der Waals surface area (Å²) >= 11 is 0. The van der Waals surface area contributed by atoms with E-state index in [1.807, 2.05) is 4.90 Å². The predicted octanol–water partition coefficient (Wildman–Crippen LogP) is 1.17. The number of likely N-dealkylation sites (N-methyl/N-ethyl adjacent to an activating group) is 1. The Morgan fingerprint density at radius 2 is 1.81 bits per heavy atom. The van der Waals surface area contributed by atoms with Crippen molar-refractivity contribution < 1.29 is 9.59 Å². The van der Waals surface area contributed by atoms with Gasteiger partial charge in [0.25, 0.3) is 0 Å². The Labute approximate surface area is 158 Å². The summed E-state index contributed by atoms with van der Waals surface area (Å²) in [5.74, 6) is 0.581. The number of piperazine rings is 1. The van der Waals surface area contributed by atoms with Crippen LogP contribution in [0.3, 0.4) is 0 Å². The van der Waals surface area contributed by atoms with Crippen LogP contribution in [-0.4, -0.2) is 84.9 Å².